The van der Waals surface area contributed by atoms with E-state index < -0.39 is 0 Å². The first-order chi connectivity index (χ1) is 9.60. The number of nitrogens with zero attached hydrogens (tertiary/aromatic N) is 1. The van der Waals surface area contributed by atoms with Crippen molar-refractivity contribution < 1.29 is 13.5 Å². The summed E-state index contributed by atoms with van der Waals surface area (Å²) in [5.41, 5.74) is 14.0. The number of fused-ring (bicyclic) bond motifs is 1. The highest BCUT2D eigenvalue weighted by Gasteiger charge is 2.18. The maximum atomic E-state index is 13.2. The van der Waals surface area contributed by atoms with Crippen molar-refractivity contribution in [2.75, 3.05) is 18.6 Å². The van der Waals surface area contributed by atoms with Crippen LogP contribution in [0.4, 0.5) is 15.8 Å². The molecule has 0 fully saturated rings. The molecule has 20 heavy (non-hydrogen) atoms. The van der Waals surface area contributed by atoms with Crippen molar-refractivity contribution in [3.05, 3.63) is 36.1 Å². The van der Waals surface area contributed by atoms with Gasteiger partial charge in [-0.3, -0.25) is 0 Å². The Morgan fingerprint density at radius 1 is 1.15 bits per heavy atom. The van der Waals surface area contributed by atoms with Crippen molar-refractivity contribution in [3.8, 4) is 17.2 Å². The molecule has 0 spiro atoms. The van der Waals surface area contributed by atoms with Crippen molar-refractivity contribution in [2.24, 2.45) is 0 Å². The highest BCUT2D eigenvalue weighted by atomic mass is 19.1. The number of halogens is 1. The zero-order valence-electron chi connectivity index (χ0n) is 10.7. The molecule has 0 aliphatic heterocycles. The van der Waals surface area contributed by atoms with Crippen LogP contribution in [0.2, 0.25) is 0 Å². The Labute approximate surface area is 114 Å². The van der Waals surface area contributed by atoms with Gasteiger partial charge in [0.25, 0.3) is 0 Å². The molecular formula is C14H12FN3O2. The summed E-state index contributed by atoms with van der Waals surface area (Å²) in [6, 6.07) is 7.38. The summed E-state index contributed by atoms with van der Waals surface area (Å²) in [6.45, 7) is 0. The smallest absolute Gasteiger partial charge is 0.233 e. The molecule has 1 aromatic heterocycles. The van der Waals surface area contributed by atoms with Gasteiger partial charge in [0.05, 0.1) is 12.8 Å². The van der Waals surface area contributed by atoms with E-state index in [2.05, 4.69) is 4.98 Å². The second kappa shape index (κ2) is 4.41. The number of aromatic nitrogens is 1. The summed E-state index contributed by atoms with van der Waals surface area (Å²) < 4.78 is 24.0. The van der Waals surface area contributed by atoms with E-state index in [1.165, 1.54) is 25.3 Å². The van der Waals surface area contributed by atoms with E-state index in [4.69, 9.17) is 20.6 Å². The molecule has 5 nitrogen and oxygen atoms in total. The molecule has 3 rings (SSSR count). The predicted octanol–water partition coefficient (Wildman–Crippen LogP) is 2.81. The van der Waals surface area contributed by atoms with Crippen LogP contribution in [0.25, 0.3) is 22.6 Å². The second-order valence-corrected chi connectivity index (χ2v) is 4.28. The summed E-state index contributed by atoms with van der Waals surface area (Å²) in [4.78, 5) is 4.23. The molecule has 0 saturated heterocycles. The van der Waals surface area contributed by atoms with Gasteiger partial charge in [0.15, 0.2) is 11.3 Å². The molecule has 0 aliphatic carbocycles. The van der Waals surface area contributed by atoms with Gasteiger partial charge in [-0.2, -0.15) is 0 Å². The molecule has 0 amide bonds. The molecule has 0 bridgehead atoms. The Bertz CT molecular complexity index is 798. The van der Waals surface area contributed by atoms with E-state index in [0.717, 1.165) is 0 Å². The second-order valence-electron chi connectivity index (χ2n) is 4.28. The number of hydrogen-bond donors (Lipinski definition) is 2. The molecular weight excluding hydrogens is 261 g/mol. The van der Waals surface area contributed by atoms with Gasteiger partial charge < -0.3 is 20.6 Å². The lowest BCUT2D eigenvalue weighted by atomic mass is 10.1. The van der Waals surface area contributed by atoms with Crippen molar-refractivity contribution in [1.82, 2.24) is 4.98 Å². The Balaban J connectivity index is 2.27. The fourth-order valence-electron chi connectivity index (χ4n) is 2.06. The molecule has 102 valence electrons. The van der Waals surface area contributed by atoms with Gasteiger partial charge in [-0.15, -0.1) is 0 Å². The van der Waals surface area contributed by atoms with Gasteiger partial charge in [0.2, 0.25) is 5.89 Å². The van der Waals surface area contributed by atoms with Crippen molar-refractivity contribution in [3.63, 3.8) is 0 Å². The number of hydrogen-bond acceptors (Lipinski definition) is 5. The van der Waals surface area contributed by atoms with E-state index in [9.17, 15) is 4.39 Å². The van der Waals surface area contributed by atoms with Gasteiger partial charge in [0.1, 0.15) is 16.9 Å². The summed E-state index contributed by atoms with van der Waals surface area (Å²) >= 11 is 0. The number of nitrogens with two attached hydrogens (primary N) is 2. The molecule has 0 aliphatic rings. The zero-order valence-corrected chi connectivity index (χ0v) is 10.7. The number of oxazole rings is 1. The van der Waals surface area contributed by atoms with Crippen LogP contribution >= 0.6 is 0 Å². The highest BCUT2D eigenvalue weighted by Crippen LogP contribution is 2.40. The molecule has 4 N–H and O–H groups in total. The van der Waals surface area contributed by atoms with Crippen molar-refractivity contribution in [1.29, 1.82) is 0 Å². The average molecular weight is 273 g/mol. The third kappa shape index (κ3) is 1.82. The van der Waals surface area contributed by atoms with Gasteiger partial charge in [-0.25, -0.2) is 9.37 Å². The number of benzene rings is 2. The molecule has 0 radical (unpaired) electrons. The summed E-state index contributed by atoms with van der Waals surface area (Å²) in [6.07, 6.45) is 0. The van der Waals surface area contributed by atoms with Gasteiger partial charge >= 0.3 is 0 Å². The molecule has 0 atom stereocenters. The number of ether oxygens (including phenoxy) is 1. The number of anilines is 2. The lowest BCUT2D eigenvalue weighted by Crippen LogP contribution is -1.99. The molecule has 3 aromatic rings. The van der Waals surface area contributed by atoms with Crippen LogP contribution in [0, 0.1) is 5.82 Å². The fraction of sp³-hybridized carbons (Fsp3) is 0.0714. The van der Waals surface area contributed by atoms with Gasteiger partial charge in [-0.1, -0.05) is 0 Å². The van der Waals surface area contributed by atoms with E-state index in [-0.39, 0.29) is 11.7 Å². The molecule has 6 heteroatoms. The average Bonchev–Trinajstić information content (AvgIpc) is 2.83. The quantitative estimate of drug-likeness (QED) is 0.701. The molecule has 2 aromatic carbocycles. The standard InChI is InChI=1S/C14H12FN3O2/c1-19-13-9(17)4-3-8(16)12(13)14-18-10-6-7(15)2-5-11(10)20-14/h2-6H,16-17H2,1H3. The monoisotopic (exact) mass is 273 g/mol. The number of nitrogen functional groups attached to an aromatic ring is 2. The first-order valence-electron chi connectivity index (χ1n) is 5.88. The summed E-state index contributed by atoms with van der Waals surface area (Å²) in [5.74, 6) is 0.245. The third-order valence-corrected chi connectivity index (χ3v) is 2.99. The predicted molar refractivity (Wildman–Crippen MR) is 74.8 cm³/mol. The Morgan fingerprint density at radius 2 is 1.90 bits per heavy atom. The maximum Gasteiger partial charge on any atom is 0.233 e. The molecule has 1 heterocycles. The van der Waals surface area contributed by atoms with Gasteiger partial charge in [-0.05, 0) is 24.3 Å². The molecule has 0 unspecified atom stereocenters. The van der Waals surface area contributed by atoms with Gasteiger partial charge in [0, 0.05) is 11.8 Å². The summed E-state index contributed by atoms with van der Waals surface area (Å²) in [5, 5.41) is 0. The van der Waals surface area contributed by atoms with Crippen LogP contribution in [0.3, 0.4) is 0 Å². The fourth-order valence-corrected chi connectivity index (χ4v) is 2.06. The number of methoxy groups -OCH3 is 1. The molecule has 0 saturated carbocycles. The maximum absolute atomic E-state index is 13.2. The first kappa shape index (κ1) is 12.3. The summed E-state index contributed by atoms with van der Waals surface area (Å²) in [7, 11) is 1.48. The van der Waals surface area contributed by atoms with Crippen LogP contribution in [0.1, 0.15) is 0 Å². The van der Waals surface area contributed by atoms with Crippen LogP contribution in [0.5, 0.6) is 5.75 Å². The lowest BCUT2D eigenvalue weighted by molar-refractivity contribution is 0.417. The normalized spacial score (nSPS) is 10.9. The van der Waals surface area contributed by atoms with Crippen molar-refractivity contribution >= 4 is 22.5 Å². The lowest BCUT2D eigenvalue weighted by Gasteiger charge is -2.10. The topological polar surface area (TPSA) is 87.3 Å². The SMILES string of the molecule is COc1c(N)ccc(N)c1-c1nc2cc(F)ccc2o1. The Morgan fingerprint density at radius 3 is 2.65 bits per heavy atom. The third-order valence-electron chi connectivity index (χ3n) is 2.99. The van der Waals surface area contributed by atoms with E-state index in [1.807, 2.05) is 0 Å². The largest absolute Gasteiger partial charge is 0.494 e. The van der Waals surface area contributed by atoms with Crippen LogP contribution in [0.15, 0.2) is 34.7 Å². The van der Waals surface area contributed by atoms with E-state index in [1.54, 1.807) is 12.1 Å². The minimum absolute atomic E-state index is 0.243. The van der Waals surface area contributed by atoms with Crippen LogP contribution in [-0.4, -0.2) is 12.1 Å². The highest BCUT2D eigenvalue weighted by molar-refractivity contribution is 5.86. The Hall–Kier alpha value is -2.76. The Kier molecular flexibility index (Phi) is 2.71. The van der Waals surface area contributed by atoms with Crippen LogP contribution in [-0.2, 0) is 0 Å². The van der Waals surface area contributed by atoms with Crippen LogP contribution < -0.4 is 16.2 Å². The van der Waals surface area contributed by atoms with E-state index in [0.29, 0.717) is 33.8 Å². The first-order valence-corrected chi connectivity index (χ1v) is 5.88. The minimum atomic E-state index is -0.384. The van der Waals surface area contributed by atoms with Crippen molar-refractivity contribution in [2.45, 2.75) is 0 Å². The minimum Gasteiger partial charge on any atom is -0.494 e. The van der Waals surface area contributed by atoms with E-state index >= 15 is 0 Å². The number of rotatable bonds is 2. The zero-order chi connectivity index (χ0) is 14.3.